The molecule has 13 heteroatoms. The number of halogens is 3. The molecule has 6 atom stereocenters. The number of amides is 1. The second kappa shape index (κ2) is 13.6. The minimum absolute atomic E-state index is 0.0147. The quantitative estimate of drug-likeness (QED) is 0.147. The zero-order valence-electron chi connectivity index (χ0n) is 29.4. The number of nitriles is 1. The van der Waals surface area contributed by atoms with Crippen LogP contribution in [0, 0.1) is 35.9 Å². The lowest BCUT2D eigenvalue weighted by Gasteiger charge is -2.39. The lowest BCUT2D eigenvalue weighted by atomic mass is 9.79. The first-order valence-electron chi connectivity index (χ1n) is 18.4. The Morgan fingerprint density at radius 2 is 2.06 bits per heavy atom. The maximum atomic E-state index is 17.3. The highest BCUT2D eigenvalue weighted by Crippen LogP contribution is 2.52. The number of hydrogen-bond acceptors (Lipinski definition) is 8. The van der Waals surface area contributed by atoms with Gasteiger partial charge >= 0.3 is 0 Å². The van der Waals surface area contributed by atoms with Crippen molar-refractivity contribution >= 4 is 62.4 Å². The lowest BCUT2D eigenvalue weighted by molar-refractivity contribution is -0.134. The number of fused-ring (bicyclic) bond motifs is 4. The fourth-order valence-electron chi connectivity index (χ4n) is 8.99. The van der Waals surface area contributed by atoms with Gasteiger partial charge in [-0.15, -0.1) is 0 Å². The number of benzene rings is 2. The summed E-state index contributed by atoms with van der Waals surface area (Å²) in [5, 5.41) is 26.4. The van der Waals surface area contributed by atoms with Crippen molar-refractivity contribution in [2.75, 3.05) is 13.1 Å². The van der Waals surface area contributed by atoms with Crippen LogP contribution in [0.3, 0.4) is 0 Å². The summed E-state index contributed by atoms with van der Waals surface area (Å²) in [6, 6.07) is 13.4. The van der Waals surface area contributed by atoms with E-state index in [0.717, 1.165) is 53.0 Å². The number of aryl methyl sites for hydroxylation is 2. The van der Waals surface area contributed by atoms with Gasteiger partial charge in [0.2, 0.25) is 5.91 Å². The van der Waals surface area contributed by atoms with Crippen molar-refractivity contribution in [2.45, 2.75) is 89.3 Å². The molecule has 9 nitrogen and oxygen atoms in total. The molecule has 53 heavy (non-hydrogen) atoms. The van der Waals surface area contributed by atoms with Crippen molar-refractivity contribution < 1.29 is 19.0 Å². The van der Waals surface area contributed by atoms with Gasteiger partial charge in [0.15, 0.2) is 5.82 Å². The first-order valence-corrected chi connectivity index (χ1v) is 19.9. The average molecular weight is 774 g/mol. The molecule has 10 rings (SSSR count). The third kappa shape index (κ3) is 5.94. The molecule has 3 aromatic heterocycles. The first-order chi connectivity index (χ1) is 25.6. The van der Waals surface area contributed by atoms with Gasteiger partial charge in [0.05, 0.1) is 63.9 Å². The van der Waals surface area contributed by atoms with Crippen LogP contribution in [0.4, 0.5) is 4.39 Å². The molecule has 2 aromatic carbocycles. The Labute approximate surface area is 320 Å². The molecule has 5 aromatic rings. The molecule has 2 N–H and O–H groups in total. The Hall–Kier alpha value is -3.63. The summed E-state index contributed by atoms with van der Waals surface area (Å²) in [5.41, 5.74) is 4.38. The molecule has 2 bridgehead atoms. The van der Waals surface area contributed by atoms with E-state index in [2.05, 4.69) is 26.4 Å². The molecule has 0 radical (unpaired) electrons. The van der Waals surface area contributed by atoms with Crippen LogP contribution in [0.2, 0.25) is 10.0 Å². The van der Waals surface area contributed by atoms with E-state index < -0.39 is 11.9 Å². The summed E-state index contributed by atoms with van der Waals surface area (Å²) in [4.78, 5) is 22.0. The van der Waals surface area contributed by atoms with Crippen LogP contribution >= 0.6 is 34.7 Å². The minimum atomic E-state index is -1.01. The number of likely N-dealkylation sites (tertiary alicyclic amines) is 1. The number of ether oxygens (including phenoxy) is 1. The number of carbonyl (C=O) groups is 1. The monoisotopic (exact) mass is 772 g/mol. The van der Waals surface area contributed by atoms with E-state index >= 15 is 4.39 Å². The van der Waals surface area contributed by atoms with Crippen molar-refractivity contribution in [3.05, 3.63) is 79.8 Å². The smallest absolute Gasteiger partial charge is 0.226 e. The van der Waals surface area contributed by atoms with Crippen LogP contribution in [0.15, 0.2) is 36.4 Å². The normalized spacial score (nSPS) is 24.2. The van der Waals surface area contributed by atoms with E-state index in [-0.39, 0.29) is 65.0 Å². The number of aromatic nitrogens is 3. The number of aliphatic hydroxyl groups is 1. The summed E-state index contributed by atoms with van der Waals surface area (Å²) < 4.78 is 30.7. The van der Waals surface area contributed by atoms with E-state index in [0.29, 0.717) is 52.7 Å². The summed E-state index contributed by atoms with van der Waals surface area (Å²) in [6.07, 6.45) is 2.65. The van der Waals surface area contributed by atoms with E-state index in [4.69, 9.17) is 32.9 Å². The molecule has 0 spiro atoms. The van der Waals surface area contributed by atoms with Gasteiger partial charge in [-0.1, -0.05) is 35.3 Å². The summed E-state index contributed by atoms with van der Waals surface area (Å²) in [5.74, 6) is -0.0666. The zero-order chi connectivity index (χ0) is 36.7. The number of nitrogens with one attached hydrogen (secondary N) is 1. The van der Waals surface area contributed by atoms with E-state index in [1.165, 1.54) is 11.5 Å². The number of carbonyl (C=O) groups excluding carboxylic acids is 1. The van der Waals surface area contributed by atoms with Gasteiger partial charge in [0, 0.05) is 70.4 Å². The second-order valence-corrected chi connectivity index (χ2v) is 16.9. The SMILES string of the molecule is Cc1cc(COC2CC(c3cc4c(C(C)O)nc5c(F)c(-c6cccc(Cl)c6Cl)c(CCC#N)cc5c4n3C3C4CNC3C4)N(C(=O)C3CC3)C2)ns1. The van der Waals surface area contributed by atoms with Crippen molar-refractivity contribution in [2.24, 2.45) is 11.8 Å². The van der Waals surface area contributed by atoms with E-state index in [9.17, 15) is 15.2 Å². The molecule has 6 unspecified atom stereocenters. The fourth-order valence-corrected chi connectivity index (χ4v) is 9.94. The zero-order valence-corrected chi connectivity index (χ0v) is 31.7. The highest BCUT2D eigenvalue weighted by atomic mass is 35.5. The van der Waals surface area contributed by atoms with Crippen molar-refractivity contribution in [3.63, 3.8) is 0 Å². The molecule has 2 aliphatic carbocycles. The highest BCUT2D eigenvalue weighted by Gasteiger charge is 2.51. The van der Waals surface area contributed by atoms with Crippen LogP contribution in [0.25, 0.3) is 32.9 Å². The molecule has 5 aliphatic rings. The first kappa shape index (κ1) is 35.1. The number of aliphatic hydroxyl groups excluding tert-OH is 1. The van der Waals surface area contributed by atoms with Gasteiger partial charge in [-0.05, 0) is 86.8 Å². The number of nitrogens with zero attached hydrogens (tertiary/aromatic N) is 5. The van der Waals surface area contributed by atoms with Gasteiger partial charge in [-0.25, -0.2) is 9.37 Å². The van der Waals surface area contributed by atoms with Gasteiger partial charge in [0.1, 0.15) is 5.52 Å². The van der Waals surface area contributed by atoms with Crippen LogP contribution in [0.5, 0.6) is 0 Å². The standard InChI is InChI=1S/C40H39Cl2FN6O3S/c1-19-11-24(47-53-19)18-52-25-14-31(48(17-25)40(51)21-8-9-21)32-15-28-36(20(2)50)46-37-27(39(28)49(32)38-23-13-30(38)45-16-23)12-22(5-4-10-44)33(35(37)43)26-6-3-7-29(41)34(26)42/h3,6-7,11-12,15,20-21,23,25,30-31,38,45,50H,4-5,8-9,13-14,16-18H2,1-2H3. The highest BCUT2D eigenvalue weighted by molar-refractivity contribution is 7.05. The Kier molecular flexibility index (Phi) is 9.00. The molecule has 274 valence electrons. The summed E-state index contributed by atoms with van der Waals surface area (Å²) in [7, 11) is 0. The molecule has 1 amide bonds. The second-order valence-electron chi connectivity index (χ2n) is 15.1. The third-order valence-electron chi connectivity index (χ3n) is 11.6. The number of hydrogen-bond donors (Lipinski definition) is 2. The summed E-state index contributed by atoms with van der Waals surface area (Å²) in [6.45, 7) is 5.39. The third-order valence-corrected chi connectivity index (χ3v) is 13.2. The maximum Gasteiger partial charge on any atom is 0.226 e. The molecular formula is C40H39Cl2FN6O3S. The van der Waals surface area contributed by atoms with Gasteiger partial charge in [0.25, 0.3) is 0 Å². The molecule has 3 aliphatic heterocycles. The van der Waals surface area contributed by atoms with Crippen LogP contribution in [-0.4, -0.2) is 55.1 Å². The van der Waals surface area contributed by atoms with Crippen LogP contribution in [0.1, 0.15) is 84.7 Å². The van der Waals surface area contributed by atoms with Gasteiger partial charge in [-0.2, -0.15) is 9.64 Å². The lowest BCUT2D eigenvalue weighted by Crippen LogP contribution is -2.41. The predicted octanol–water partition coefficient (Wildman–Crippen LogP) is 8.38. The molecule has 6 heterocycles. The van der Waals surface area contributed by atoms with Crippen molar-refractivity contribution in [1.29, 1.82) is 5.26 Å². The predicted molar refractivity (Wildman–Crippen MR) is 203 cm³/mol. The van der Waals surface area contributed by atoms with Crippen molar-refractivity contribution in [1.82, 2.24) is 24.1 Å². The van der Waals surface area contributed by atoms with E-state index in [1.54, 1.807) is 25.1 Å². The number of rotatable bonds is 10. The van der Waals surface area contributed by atoms with Crippen LogP contribution in [-0.2, 0) is 22.6 Å². The Morgan fingerprint density at radius 1 is 1.23 bits per heavy atom. The Bertz CT molecular complexity index is 2320. The fraction of sp³-hybridized carbons (Fsp3) is 0.450. The topological polar surface area (TPSA) is 116 Å². The largest absolute Gasteiger partial charge is 0.387 e. The van der Waals surface area contributed by atoms with Gasteiger partial charge in [-0.3, -0.25) is 4.79 Å². The van der Waals surface area contributed by atoms with E-state index in [1.807, 2.05) is 24.0 Å². The minimum Gasteiger partial charge on any atom is -0.387 e. The molecule has 3 saturated heterocycles. The Balaban J connectivity index is 1.27. The Morgan fingerprint density at radius 3 is 2.74 bits per heavy atom. The van der Waals surface area contributed by atoms with Crippen molar-refractivity contribution in [3.8, 4) is 17.2 Å². The number of pyridine rings is 1. The summed E-state index contributed by atoms with van der Waals surface area (Å²) >= 11 is 14.6. The molecular weight excluding hydrogens is 734 g/mol. The molecule has 2 saturated carbocycles. The van der Waals surface area contributed by atoms with Gasteiger partial charge < -0.3 is 24.6 Å². The maximum absolute atomic E-state index is 17.3. The average Bonchev–Trinajstić information content (AvgIpc) is 3.57. The van der Waals surface area contributed by atoms with Crippen LogP contribution < -0.4 is 5.32 Å². The molecule has 5 fully saturated rings.